The summed E-state index contributed by atoms with van der Waals surface area (Å²) < 4.78 is 5.52. The lowest BCUT2D eigenvalue weighted by molar-refractivity contribution is -0.111. The van der Waals surface area contributed by atoms with Crippen LogP contribution >= 0.6 is 15.9 Å². The topological polar surface area (TPSA) is 55.4 Å². The van der Waals surface area contributed by atoms with E-state index < -0.39 is 0 Å². The molecule has 22 heavy (non-hydrogen) atoms. The van der Waals surface area contributed by atoms with Gasteiger partial charge < -0.3 is 10.1 Å². The van der Waals surface area contributed by atoms with E-state index in [2.05, 4.69) is 26.0 Å². The van der Waals surface area contributed by atoms with E-state index in [-0.39, 0.29) is 11.9 Å². The van der Waals surface area contributed by atoms with Crippen molar-refractivity contribution in [3.05, 3.63) is 70.2 Å². The summed E-state index contributed by atoms with van der Waals surface area (Å²) in [6.07, 6.45) is 3.11. The zero-order valence-corrected chi connectivity index (χ0v) is 13.5. The van der Waals surface area contributed by atoms with Crippen molar-refractivity contribution in [2.24, 2.45) is 0 Å². The number of carbonyl (C=O) groups is 2. The summed E-state index contributed by atoms with van der Waals surface area (Å²) >= 11 is 3.34. The molecule has 0 aromatic heterocycles. The number of carbonyl (C=O) groups excluding carboxylic acids is 2. The number of rotatable bonds is 4. The van der Waals surface area contributed by atoms with E-state index in [9.17, 15) is 9.59 Å². The minimum absolute atomic E-state index is 0.227. The second-order valence-corrected chi connectivity index (χ2v) is 5.36. The average molecular weight is 360 g/mol. The molecule has 0 heterocycles. The number of hydrogen-bond donors (Lipinski definition) is 1. The molecule has 0 bridgehead atoms. The fourth-order valence-corrected chi connectivity index (χ4v) is 2.17. The SMILES string of the molecule is COC(=O)c1ccc(/C=C/C(=O)Nc2cccc(Br)c2)cc1. The summed E-state index contributed by atoms with van der Waals surface area (Å²) in [5, 5.41) is 2.76. The highest BCUT2D eigenvalue weighted by atomic mass is 79.9. The molecule has 0 fully saturated rings. The highest BCUT2D eigenvalue weighted by Crippen LogP contribution is 2.15. The van der Waals surface area contributed by atoms with Crippen molar-refractivity contribution in [1.29, 1.82) is 0 Å². The third-order valence-corrected chi connectivity index (χ3v) is 3.34. The molecule has 1 amide bonds. The minimum atomic E-state index is -0.386. The number of esters is 1. The van der Waals surface area contributed by atoms with Crippen molar-refractivity contribution in [2.75, 3.05) is 12.4 Å². The molecular formula is C17H14BrNO3. The van der Waals surface area contributed by atoms with Gasteiger partial charge in [-0.2, -0.15) is 0 Å². The van der Waals surface area contributed by atoms with E-state index in [0.717, 1.165) is 10.0 Å². The monoisotopic (exact) mass is 359 g/mol. The third-order valence-electron chi connectivity index (χ3n) is 2.85. The van der Waals surface area contributed by atoms with Crippen LogP contribution in [0.15, 0.2) is 59.1 Å². The molecule has 1 N–H and O–H groups in total. The fraction of sp³-hybridized carbons (Fsp3) is 0.0588. The van der Waals surface area contributed by atoms with Crippen LogP contribution in [0, 0.1) is 0 Å². The van der Waals surface area contributed by atoms with E-state index in [1.54, 1.807) is 30.3 Å². The van der Waals surface area contributed by atoms with Crippen LogP contribution in [0.1, 0.15) is 15.9 Å². The molecule has 0 saturated heterocycles. The zero-order valence-electron chi connectivity index (χ0n) is 11.9. The molecule has 0 aliphatic carbocycles. The van der Waals surface area contributed by atoms with Gasteiger partial charge in [0, 0.05) is 16.2 Å². The lowest BCUT2D eigenvalue weighted by Crippen LogP contribution is -2.07. The number of benzene rings is 2. The van der Waals surface area contributed by atoms with Gasteiger partial charge in [-0.25, -0.2) is 4.79 Å². The molecule has 0 spiro atoms. The standard InChI is InChI=1S/C17H14BrNO3/c1-22-17(21)13-8-5-12(6-9-13)7-10-16(20)19-15-4-2-3-14(18)11-15/h2-11H,1H3,(H,19,20)/b10-7+. The third kappa shape index (κ3) is 4.56. The van der Waals surface area contributed by atoms with Crippen LogP contribution in [0.2, 0.25) is 0 Å². The van der Waals surface area contributed by atoms with Crippen LogP contribution in [-0.4, -0.2) is 19.0 Å². The van der Waals surface area contributed by atoms with Gasteiger partial charge in [-0.3, -0.25) is 4.79 Å². The number of nitrogens with one attached hydrogen (secondary N) is 1. The molecule has 0 atom stereocenters. The largest absolute Gasteiger partial charge is 0.465 e. The number of halogens is 1. The molecule has 2 aromatic rings. The Kier molecular flexibility index (Phi) is 5.49. The lowest BCUT2D eigenvalue weighted by Gasteiger charge is -2.02. The second-order valence-electron chi connectivity index (χ2n) is 4.45. The summed E-state index contributed by atoms with van der Waals surface area (Å²) in [5.41, 5.74) is 2.00. The Labute approximate surface area is 136 Å². The van der Waals surface area contributed by atoms with E-state index >= 15 is 0 Å². The van der Waals surface area contributed by atoms with E-state index in [1.165, 1.54) is 13.2 Å². The average Bonchev–Trinajstić information content (AvgIpc) is 2.52. The van der Waals surface area contributed by atoms with E-state index in [0.29, 0.717) is 11.3 Å². The van der Waals surface area contributed by atoms with Crippen LogP contribution in [-0.2, 0) is 9.53 Å². The summed E-state index contributed by atoms with van der Waals surface area (Å²) in [7, 11) is 1.34. The van der Waals surface area contributed by atoms with Gasteiger partial charge in [0.1, 0.15) is 0 Å². The van der Waals surface area contributed by atoms with Crippen molar-refractivity contribution in [2.45, 2.75) is 0 Å². The quantitative estimate of drug-likeness (QED) is 0.665. The molecular weight excluding hydrogens is 346 g/mol. The normalized spacial score (nSPS) is 10.5. The van der Waals surface area contributed by atoms with Crippen molar-refractivity contribution in [3.8, 4) is 0 Å². The molecule has 2 rings (SSSR count). The van der Waals surface area contributed by atoms with Gasteiger partial charge >= 0.3 is 5.97 Å². The van der Waals surface area contributed by atoms with Crippen molar-refractivity contribution in [3.63, 3.8) is 0 Å². The Hall–Kier alpha value is -2.40. The van der Waals surface area contributed by atoms with Gasteiger partial charge in [-0.05, 0) is 42.0 Å². The molecule has 0 aliphatic rings. The second kappa shape index (κ2) is 7.56. The van der Waals surface area contributed by atoms with Crippen LogP contribution in [0.5, 0.6) is 0 Å². The van der Waals surface area contributed by atoms with Crippen molar-refractivity contribution >= 4 is 39.6 Å². The Morgan fingerprint density at radius 1 is 1.14 bits per heavy atom. The molecule has 5 heteroatoms. The van der Waals surface area contributed by atoms with Gasteiger partial charge in [-0.1, -0.05) is 34.1 Å². The first-order chi connectivity index (χ1) is 10.6. The molecule has 0 unspecified atom stereocenters. The molecule has 112 valence electrons. The Bertz CT molecular complexity index is 708. The van der Waals surface area contributed by atoms with Crippen LogP contribution in [0.4, 0.5) is 5.69 Å². The van der Waals surface area contributed by atoms with Gasteiger partial charge in [0.25, 0.3) is 0 Å². The van der Waals surface area contributed by atoms with Crippen LogP contribution in [0.3, 0.4) is 0 Å². The first kappa shape index (κ1) is 16.0. The van der Waals surface area contributed by atoms with Gasteiger partial charge in [0.15, 0.2) is 0 Å². The summed E-state index contributed by atoms with van der Waals surface area (Å²) in [4.78, 5) is 23.1. The first-order valence-electron chi connectivity index (χ1n) is 6.51. The van der Waals surface area contributed by atoms with Gasteiger partial charge in [0.05, 0.1) is 12.7 Å². The molecule has 4 nitrogen and oxygen atoms in total. The smallest absolute Gasteiger partial charge is 0.337 e. The molecule has 2 aromatic carbocycles. The maximum Gasteiger partial charge on any atom is 0.337 e. The maximum atomic E-state index is 11.8. The van der Waals surface area contributed by atoms with Crippen LogP contribution in [0.25, 0.3) is 6.08 Å². The Morgan fingerprint density at radius 2 is 1.86 bits per heavy atom. The number of methoxy groups -OCH3 is 1. The predicted molar refractivity (Wildman–Crippen MR) is 89.6 cm³/mol. The fourth-order valence-electron chi connectivity index (χ4n) is 1.77. The van der Waals surface area contributed by atoms with Gasteiger partial charge in [-0.15, -0.1) is 0 Å². The highest BCUT2D eigenvalue weighted by Gasteiger charge is 2.03. The van der Waals surface area contributed by atoms with E-state index in [1.807, 2.05) is 24.3 Å². The number of anilines is 1. The molecule has 0 aliphatic heterocycles. The minimum Gasteiger partial charge on any atom is -0.465 e. The van der Waals surface area contributed by atoms with Crippen molar-refractivity contribution in [1.82, 2.24) is 0 Å². The summed E-state index contributed by atoms with van der Waals surface area (Å²) in [6.45, 7) is 0. The lowest BCUT2D eigenvalue weighted by atomic mass is 10.1. The number of hydrogen-bond acceptors (Lipinski definition) is 3. The van der Waals surface area contributed by atoms with E-state index in [4.69, 9.17) is 0 Å². The summed E-state index contributed by atoms with van der Waals surface area (Å²) in [5.74, 6) is -0.613. The Morgan fingerprint density at radius 3 is 2.50 bits per heavy atom. The number of ether oxygens (including phenoxy) is 1. The number of amides is 1. The Balaban J connectivity index is 1.99. The van der Waals surface area contributed by atoms with Gasteiger partial charge in [0.2, 0.25) is 5.91 Å². The molecule has 0 saturated carbocycles. The predicted octanol–water partition coefficient (Wildman–Crippen LogP) is 3.89. The zero-order chi connectivity index (χ0) is 15.9. The van der Waals surface area contributed by atoms with Crippen molar-refractivity contribution < 1.29 is 14.3 Å². The maximum absolute atomic E-state index is 11.8. The summed E-state index contributed by atoms with van der Waals surface area (Å²) in [6, 6.07) is 14.1. The van der Waals surface area contributed by atoms with Crippen LogP contribution < -0.4 is 5.32 Å². The highest BCUT2D eigenvalue weighted by molar-refractivity contribution is 9.10. The first-order valence-corrected chi connectivity index (χ1v) is 7.31. The molecule has 0 radical (unpaired) electrons.